The van der Waals surface area contributed by atoms with Gasteiger partial charge in [0.1, 0.15) is 0 Å². The van der Waals surface area contributed by atoms with Crippen LogP contribution in [-0.4, -0.2) is 29.9 Å². The average Bonchev–Trinajstić information content (AvgIpc) is 2.86. The summed E-state index contributed by atoms with van der Waals surface area (Å²) in [4.78, 5) is 2.72. The number of hydrogen-bond donors (Lipinski definition) is 0. The van der Waals surface area contributed by atoms with Crippen LogP contribution in [0.4, 0.5) is 0 Å². The van der Waals surface area contributed by atoms with Gasteiger partial charge in [-0.1, -0.05) is 61.9 Å². The van der Waals surface area contributed by atoms with Crippen LogP contribution >= 0.6 is 15.9 Å². The van der Waals surface area contributed by atoms with Crippen LogP contribution in [0.25, 0.3) is 0 Å². The number of alkyl halides is 1. The highest BCUT2D eigenvalue weighted by Gasteiger charge is 2.34. The quantitative estimate of drug-likeness (QED) is 0.350. The first-order valence-electron chi connectivity index (χ1n) is 8.54. The standard InChI is InChI=1S/C17H34BrN/c1-3-17(4-2)12-15-19(16-17)14-11-9-7-5-6-8-10-13-18/h3-16H2,1-2H3. The van der Waals surface area contributed by atoms with Crippen LogP contribution in [0.3, 0.4) is 0 Å². The molecule has 0 aromatic carbocycles. The number of halogens is 1. The Hall–Kier alpha value is 0.440. The lowest BCUT2D eigenvalue weighted by Crippen LogP contribution is -2.27. The van der Waals surface area contributed by atoms with Crippen molar-refractivity contribution in [1.82, 2.24) is 4.90 Å². The summed E-state index contributed by atoms with van der Waals surface area (Å²) in [6.45, 7) is 8.82. The summed E-state index contributed by atoms with van der Waals surface area (Å²) in [7, 11) is 0. The summed E-state index contributed by atoms with van der Waals surface area (Å²) in [5.74, 6) is 0. The normalized spacial score (nSPS) is 19.1. The largest absolute Gasteiger partial charge is 0.303 e. The van der Waals surface area contributed by atoms with Crippen LogP contribution in [0.15, 0.2) is 0 Å². The van der Waals surface area contributed by atoms with Crippen molar-refractivity contribution in [2.45, 2.75) is 78.1 Å². The maximum atomic E-state index is 3.50. The van der Waals surface area contributed by atoms with Gasteiger partial charge in [0.2, 0.25) is 0 Å². The Morgan fingerprint density at radius 1 is 0.895 bits per heavy atom. The molecule has 0 N–H and O–H groups in total. The first kappa shape index (κ1) is 17.5. The van der Waals surface area contributed by atoms with Gasteiger partial charge in [-0.3, -0.25) is 0 Å². The molecule has 1 aliphatic rings. The van der Waals surface area contributed by atoms with E-state index in [1.54, 1.807) is 0 Å². The van der Waals surface area contributed by atoms with E-state index in [9.17, 15) is 0 Å². The Kier molecular flexibility index (Phi) is 9.40. The molecule has 0 atom stereocenters. The van der Waals surface area contributed by atoms with Crippen molar-refractivity contribution in [3.05, 3.63) is 0 Å². The highest BCUT2D eigenvalue weighted by atomic mass is 79.9. The molecular weight excluding hydrogens is 298 g/mol. The minimum Gasteiger partial charge on any atom is -0.303 e. The molecule has 0 bridgehead atoms. The molecule has 0 unspecified atom stereocenters. The van der Waals surface area contributed by atoms with E-state index < -0.39 is 0 Å². The van der Waals surface area contributed by atoms with Crippen molar-refractivity contribution in [2.75, 3.05) is 25.0 Å². The highest BCUT2D eigenvalue weighted by molar-refractivity contribution is 9.09. The van der Waals surface area contributed by atoms with Gasteiger partial charge in [-0.2, -0.15) is 0 Å². The van der Waals surface area contributed by atoms with Crippen LogP contribution in [-0.2, 0) is 0 Å². The number of unbranched alkanes of at least 4 members (excludes halogenated alkanes) is 6. The molecule has 1 nitrogen and oxygen atoms in total. The van der Waals surface area contributed by atoms with E-state index in [0.717, 1.165) is 0 Å². The Bertz CT molecular complexity index is 213. The van der Waals surface area contributed by atoms with Crippen LogP contribution < -0.4 is 0 Å². The van der Waals surface area contributed by atoms with E-state index in [1.165, 1.54) is 89.2 Å². The first-order valence-corrected chi connectivity index (χ1v) is 9.67. The highest BCUT2D eigenvalue weighted by Crippen LogP contribution is 2.36. The summed E-state index contributed by atoms with van der Waals surface area (Å²) in [6, 6.07) is 0. The maximum Gasteiger partial charge on any atom is 0.00382 e. The molecule has 19 heavy (non-hydrogen) atoms. The summed E-state index contributed by atoms with van der Waals surface area (Å²) in [5.41, 5.74) is 0.662. The number of likely N-dealkylation sites (tertiary alicyclic amines) is 1. The second kappa shape index (κ2) is 10.2. The summed E-state index contributed by atoms with van der Waals surface area (Å²) in [6.07, 6.45) is 14.1. The van der Waals surface area contributed by atoms with Crippen LogP contribution in [0.1, 0.15) is 78.1 Å². The third-order valence-corrected chi connectivity index (χ3v) is 5.69. The molecule has 2 heteroatoms. The predicted octanol–water partition coefficient (Wildman–Crippen LogP) is 5.62. The van der Waals surface area contributed by atoms with Crippen molar-refractivity contribution < 1.29 is 0 Å². The smallest absolute Gasteiger partial charge is 0.00382 e. The molecule has 0 aromatic rings. The van der Waals surface area contributed by atoms with Gasteiger partial charge in [0.25, 0.3) is 0 Å². The Balaban J connectivity index is 1.96. The fraction of sp³-hybridized carbons (Fsp3) is 1.00. The van der Waals surface area contributed by atoms with Crippen molar-refractivity contribution in [3.8, 4) is 0 Å². The van der Waals surface area contributed by atoms with Crippen molar-refractivity contribution in [1.29, 1.82) is 0 Å². The molecule has 1 saturated heterocycles. The number of rotatable bonds is 11. The van der Waals surface area contributed by atoms with Gasteiger partial charge in [-0.05, 0) is 50.6 Å². The fourth-order valence-corrected chi connectivity index (χ4v) is 3.76. The third kappa shape index (κ3) is 6.62. The van der Waals surface area contributed by atoms with Gasteiger partial charge in [-0.25, -0.2) is 0 Å². The molecule has 1 aliphatic heterocycles. The van der Waals surface area contributed by atoms with Gasteiger partial charge in [-0.15, -0.1) is 0 Å². The Morgan fingerprint density at radius 2 is 1.47 bits per heavy atom. The molecule has 0 amide bonds. The zero-order valence-electron chi connectivity index (χ0n) is 13.2. The average molecular weight is 332 g/mol. The van der Waals surface area contributed by atoms with E-state index in [4.69, 9.17) is 0 Å². The molecule has 0 spiro atoms. The van der Waals surface area contributed by atoms with E-state index in [-0.39, 0.29) is 0 Å². The molecule has 1 rings (SSSR count). The Labute approximate surface area is 129 Å². The van der Waals surface area contributed by atoms with Gasteiger partial charge in [0.05, 0.1) is 0 Å². The minimum atomic E-state index is 0.662. The van der Waals surface area contributed by atoms with E-state index in [1.807, 2.05) is 0 Å². The number of hydrogen-bond acceptors (Lipinski definition) is 1. The predicted molar refractivity (Wildman–Crippen MR) is 90.2 cm³/mol. The van der Waals surface area contributed by atoms with Crippen molar-refractivity contribution in [3.63, 3.8) is 0 Å². The van der Waals surface area contributed by atoms with Crippen LogP contribution in [0.2, 0.25) is 0 Å². The van der Waals surface area contributed by atoms with Crippen molar-refractivity contribution in [2.24, 2.45) is 5.41 Å². The molecule has 0 aromatic heterocycles. The van der Waals surface area contributed by atoms with E-state index >= 15 is 0 Å². The van der Waals surface area contributed by atoms with Crippen molar-refractivity contribution >= 4 is 15.9 Å². The summed E-state index contributed by atoms with van der Waals surface area (Å²) >= 11 is 3.50. The molecule has 1 heterocycles. The molecule has 114 valence electrons. The Morgan fingerprint density at radius 3 is 2.00 bits per heavy atom. The van der Waals surface area contributed by atoms with Gasteiger partial charge < -0.3 is 4.90 Å². The monoisotopic (exact) mass is 331 g/mol. The van der Waals surface area contributed by atoms with Gasteiger partial charge in [0, 0.05) is 11.9 Å². The lowest BCUT2D eigenvalue weighted by Gasteiger charge is -2.26. The topological polar surface area (TPSA) is 3.24 Å². The maximum absolute atomic E-state index is 3.50. The fourth-order valence-electron chi connectivity index (χ4n) is 3.36. The molecule has 1 fully saturated rings. The van der Waals surface area contributed by atoms with E-state index in [2.05, 4.69) is 34.7 Å². The minimum absolute atomic E-state index is 0.662. The molecular formula is C17H34BrN. The summed E-state index contributed by atoms with van der Waals surface area (Å²) in [5, 5.41) is 1.18. The van der Waals surface area contributed by atoms with Gasteiger partial charge >= 0.3 is 0 Å². The second-order valence-corrected chi connectivity index (χ2v) is 7.19. The van der Waals surface area contributed by atoms with Crippen LogP contribution in [0, 0.1) is 5.41 Å². The first-order chi connectivity index (χ1) is 9.26. The molecule has 0 saturated carbocycles. The second-order valence-electron chi connectivity index (χ2n) is 6.40. The lowest BCUT2D eigenvalue weighted by atomic mass is 9.82. The third-order valence-electron chi connectivity index (χ3n) is 5.13. The molecule has 0 radical (unpaired) electrons. The zero-order valence-corrected chi connectivity index (χ0v) is 14.8. The molecule has 0 aliphatic carbocycles. The lowest BCUT2D eigenvalue weighted by molar-refractivity contribution is 0.237. The summed E-state index contributed by atoms with van der Waals surface area (Å²) < 4.78 is 0. The number of nitrogens with zero attached hydrogens (tertiary/aromatic N) is 1. The van der Waals surface area contributed by atoms with Gasteiger partial charge in [0.15, 0.2) is 0 Å². The zero-order chi connectivity index (χ0) is 14.0. The van der Waals surface area contributed by atoms with Crippen LogP contribution in [0.5, 0.6) is 0 Å². The SMILES string of the molecule is CCC1(CC)CCN(CCCCCCCCCBr)C1. The van der Waals surface area contributed by atoms with E-state index in [0.29, 0.717) is 5.41 Å².